The molecule has 1 fully saturated rings. The number of aromatic nitrogens is 1. The van der Waals surface area contributed by atoms with Crippen LogP contribution in [0.1, 0.15) is 41.9 Å². The quantitative estimate of drug-likeness (QED) is 0.832. The number of carbonyl (C=O) groups excluding carboxylic acids is 1. The third-order valence-corrected chi connectivity index (χ3v) is 6.38. The molecule has 0 unspecified atom stereocenters. The summed E-state index contributed by atoms with van der Waals surface area (Å²) in [5.41, 5.74) is 3.17. The van der Waals surface area contributed by atoms with Crippen molar-refractivity contribution in [3.63, 3.8) is 0 Å². The molecule has 0 amide bonds. The van der Waals surface area contributed by atoms with Gasteiger partial charge in [-0.05, 0) is 36.5 Å². The Bertz CT molecular complexity index is 974. The number of aromatic amines is 1. The lowest BCUT2D eigenvalue weighted by Crippen LogP contribution is -2.47. The fourth-order valence-electron chi connectivity index (χ4n) is 4.46. The standard InChI is InChI=1S/C23H28ClN3O2/c1-23(2)14-19-17(21(28)15-23)13-16(22(29)25-19)7-8-26-9-11-27(12-10-26)20-6-4-3-5-18(20)24/h3-6,13H,7-12,14-15H2,1-2H3,(H,25,29). The summed E-state index contributed by atoms with van der Waals surface area (Å²) in [7, 11) is 0. The highest BCUT2D eigenvalue weighted by Gasteiger charge is 2.32. The number of nitrogens with one attached hydrogen (secondary N) is 1. The predicted octanol–water partition coefficient (Wildman–Crippen LogP) is 3.55. The average Bonchev–Trinajstić information content (AvgIpc) is 2.67. The predicted molar refractivity (Wildman–Crippen MR) is 117 cm³/mol. The molecule has 2 aromatic rings. The molecule has 0 radical (unpaired) electrons. The molecule has 1 aromatic heterocycles. The molecule has 1 saturated heterocycles. The number of rotatable bonds is 4. The summed E-state index contributed by atoms with van der Waals surface area (Å²) < 4.78 is 0. The lowest BCUT2D eigenvalue weighted by molar-refractivity contribution is 0.0910. The molecule has 1 N–H and O–H groups in total. The second kappa shape index (κ2) is 7.96. The van der Waals surface area contributed by atoms with Gasteiger partial charge in [-0.2, -0.15) is 0 Å². The maximum absolute atomic E-state index is 12.5. The summed E-state index contributed by atoms with van der Waals surface area (Å²) in [4.78, 5) is 32.7. The largest absolute Gasteiger partial charge is 0.368 e. The first kappa shape index (κ1) is 20.2. The Kier molecular flexibility index (Phi) is 5.54. The third-order valence-electron chi connectivity index (χ3n) is 6.06. The number of anilines is 1. The van der Waals surface area contributed by atoms with Crippen LogP contribution in [0.15, 0.2) is 35.1 Å². The molecule has 0 spiro atoms. The molecule has 1 aliphatic carbocycles. The smallest absolute Gasteiger partial charge is 0.251 e. The topological polar surface area (TPSA) is 56.4 Å². The Hall–Kier alpha value is -2.11. The molecule has 4 rings (SSSR count). The highest BCUT2D eigenvalue weighted by atomic mass is 35.5. The van der Waals surface area contributed by atoms with Crippen LogP contribution in [-0.4, -0.2) is 48.4 Å². The highest BCUT2D eigenvalue weighted by molar-refractivity contribution is 6.33. The highest BCUT2D eigenvalue weighted by Crippen LogP contribution is 2.33. The van der Waals surface area contributed by atoms with Crippen LogP contribution < -0.4 is 10.5 Å². The first-order chi connectivity index (χ1) is 13.8. The fraction of sp³-hybridized carbons (Fsp3) is 0.478. The number of nitrogens with zero attached hydrogens (tertiary/aromatic N) is 2. The van der Waals surface area contributed by atoms with Crippen molar-refractivity contribution >= 4 is 23.1 Å². The Balaban J connectivity index is 1.38. The number of carbonyl (C=O) groups is 1. The van der Waals surface area contributed by atoms with Crippen molar-refractivity contribution in [2.75, 3.05) is 37.6 Å². The van der Waals surface area contributed by atoms with Crippen molar-refractivity contribution in [3.05, 3.63) is 62.5 Å². The molecular weight excluding hydrogens is 386 g/mol. The summed E-state index contributed by atoms with van der Waals surface area (Å²) in [6, 6.07) is 9.78. The second-order valence-corrected chi connectivity index (χ2v) is 9.39. The van der Waals surface area contributed by atoms with Crippen molar-refractivity contribution in [1.29, 1.82) is 0 Å². The number of para-hydroxylation sites is 1. The minimum atomic E-state index is -0.0874. The zero-order chi connectivity index (χ0) is 20.6. The summed E-state index contributed by atoms with van der Waals surface area (Å²) in [6.07, 6.45) is 1.94. The zero-order valence-corrected chi connectivity index (χ0v) is 17.9. The molecule has 0 bridgehead atoms. The average molecular weight is 414 g/mol. The van der Waals surface area contributed by atoms with Crippen molar-refractivity contribution in [2.45, 2.75) is 33.1 Å². The lowest BCUT2D eigenvalue weighted by Gasteiger charge is -2.36. The van der Waals surface area contributed by atoms with E-state index in [0.717, 1.165) is 55.5 Å². The van der Waals surface area contributed by atoms with Gasteiger partial charge >= 0.3 is 0 Å². The molecule has 2 heterocycles. The van der Waals surface area contributed by atoms with Crippen molar-refractivity contribution < 1.29 is 4.79 Å². The van der Waals surface area contributed by atoms with Crippen LogP contribution in [0.4, 0.5) is 5.69 Å². The van der Waals surface area contributed by atoms with E-state index in [0.29, 0.717) is 24.0 Å². The molecule has 0 saturated carbocycles. The van der Waals surface area contributed by atoms with Gasteiger partial charge in [-0.3, -0.25) is 14.5 Å². The molecular formula is C23H28ClN3O2. The summed E-state index contributed by atoms with van der Waals surface area (Å²) in [5.74, 6) is 0.141. The first-order valence-corrected chi connectivity index (χ1v) is 10.7. The van der Waals surface area contributed by atoms with E-state index in [1.54, 1.807) is 0 Å². The van der Waals surface area contributed by atoms with Crippen LogP contribution in [0.25, 0.3) is 0 Å². The number of pyridine rings is 1. The van der Waals surface area contributed by atoms with Gasteiger partial charge in [0.05, 0.1) is 10.7 Å². The number of Topliss-reactive ketones (excluding diaryl/α,β-unsaturated/α-hetero) is 1. The maximum Gasteiger partial charge on any atom is 0.251 e. The Morgan fingerprint density at radius 1 is 1.07 bits per heavy atom. The minimum Gasteiger partial charge on any atom is -0.368 e. The van der Waals surface area contributed by atoms with Gasteiger partial charge in [0, 0.05) is 56.0 Å². The minimum absolute atomic E-state index is 0.0519. The molecule has 5 nitrogen and oxygen atoms in total. The molecule has 1 aliphatic heterocycles. The number of benzene rings is 1. The second-order valence-electron chi connectivity index (χ2n) is 8.99. The zero-order valence-electron chi connectivity index (χ0n) is 17.1. The maximum atomic E-state index is 12.5. The number of ketones is 1. The Morgan fingerprint density at radius 3 is 2.52 bits per heavy atom. The summed E-state index contributed by atoms with van der Waals surface area (Å²) in [6.45, 7) is 8.65. The van der Waals surface area contributed by atoms with E-state index in [2.05, 4.69) is 34.7 Å². The SMILES string of the molecule is CC1(C)CC(=O)c2cc(CCN3CCN(c4ccccc4Cl)CC3)c(=O)[nH]c2C1. The van der Waals surface area contributed by atoms with Crippen LogP contribution in [0, 0.1) is 5.41 Å². The number of H-pyrrole nitrogens is 1. The van der Waals surface area contributed by atoms with Gasteiger partial charge in [0.25, 0.3) is 5.56 Å². The van der Waals surface area contributed by atoms with Crippen LogP contribution in [-0.2, 0) is 12.8 Å². The van der Waals surface area contributed by atoms with Crippen LogP contribution >= 0.6 is 11.6 Å². The van der Waals surface area contributed by atoms with Crippen molar-refractivity contribution in [1.82, 2.24) is 9.88 Å². The molecule has 0 atom stereocenters. The number of halogens is 1. The monoisotopic (exact) mass is 413 g/mol. The summed E-state index contributed by atoms with van der Waals surface area (Å²) in [5, 5.41) is 0.786. The number of piperazine rings is 1. The first-order valence-electron chi connectivity index (χ1n) is 10.3. The van der Waals surface area contributed by atoms with Crippen LogP contribution in [0.2, 0.25) is 5.02 Å². The van der Waals surface area contributed by atoms with Gasteiger partial charge in [-0.15, -0.1) is 0 Å². The Labute approximate surface area is 176 Å². The molecule has 2 aliphatic rings. The molecule has 29 heavy (non-hydrogen) atoms. The van der Waals surface area contributed by atoms with E-state index in [1.807, 2.05) is 24.3 Å². The van der Waals surface area contributed by atoms with Gasteiger partial charge in [0.2, 0.25) is 0 Å². The normalized spacial score (nSPS) is 19.3. The van der Waals surface area contributed by atoms with Crippen molar-refractivity contribution in [2.24, 2.45) is 5.41 Å². The fourth-order valence-corrected chi connectivity index (χ4v) is 4.71. The number of fused-ring (bicyclic) bond motifs is 1. The van der Waals surface area contributed by atoms with E-state index in [-0.39, 0.29) is 16.8 Å². The van der Waals surface area contributed by atoms with Crippen molar-refractivity contribution in [3.8, 4) is 0 Å². The van der Waals surface area contributed by atoms with E-state index in [4.69, 9.17) is 11.6 Å². The Morgan fingerprint density at radius 2 is 1.79 bits per heavy atom. The van der Waals surface area contributed by atoms with Gasteiger partial charge in [0.1, 0.15) is 0 Å². The number of hydrogen-bond donors (Lipinski definition) is 1. The number of hydrogen-bond acceptors (Lipinski definition) is 4. The molecule has 1 aromatic carbocycles. The van der Waals surface area contributed by atoms with Gasteiger partial charge < -0.3 is 9.88 Å². The summed E-state index contributed by atoms with van der Waals surface area (Å²) >= 11 is 6.32. The molecule has 154 valence electrons. The third kappa shape index (κ3) is 4.41. The molecule has 6 heteroatoms. The van der Waals surface area contributed by atoms with Gasteiger partial charge in [-0.1, -0.05) is 37.6 Å². The lowest BCUT2D eigenvalue weighted by atomic mass is 9.75. The van der Waals surface area contributed by atoms with E-state index >= 15 is 0 Å². The van der Waals surface area contributed by atoms with Gasteiger partial charge in [0.15, 0.2) is 5.78 Å². The van der Waals surface area contributed by atoms with Crippen LogP contribution in [0.5, 0.6) is 0 Å². The van der Waals surface area contributed by atoms with E-state index < -0.39 is 0 Å². The van der Waals surface area contributed by atoms with E-state index in [9.17, 15) is 9.59 Å². The van der Waals surface area contributed by atoms with Gasteiger partial charge in [-0.25, -0.2) is 0 Å². The van der Waals surface area contributed by atoms with Crippen LogP contribution in [0.3, 0.4) is 0 Å². The van der Waals surface area contributed by atoms with E-state index in [1.165, 1.54) is 0 Å².